The number of Topliss-reactive ketones (excluding diaryl/α,β-unsaturated/α-hetero) is 1. The number of hydrogen-bond donors (Lipinski definition) is 1. The van der Waals surface area contributed by atoms with E-state index in [0.717, 1.165) is 24.8 Å². The number of ketones is 1. The molecule has 0 atom stereocenters. The van der Waals surface area contributed by atoms with Crippen LogP contribution >= 0.6 is 0 Å². The fraction of sp³-hybridized carbons (Fsp3) is 0.462. The van der Waals surface area contributed by atoms with Crippen LogP contribution < -0.4 is 5.73 Å². The number of aryl methyl sites for hydroxylation is 1. The molecule has 0 heterocycles. The van der Waals surface area contributed by atoms with Crippen molar-refractivity contribution in [1.82, 2.24) is 0 Å². The Hall–Kier alpha value is -1.15. The average Bonchev–Trinajstić information content (AvgIpc) is 2.27. The monoisotopic (exact) mass is 205 g/mol. The number of rotatable bonds is 6. The van der Waals surface area contributed by atoms with Gasteiger partial charge in [-0.2, -0.15) is 0 Å². The van der Waals surface area contributed by atoms with Gasteiger partial charge in [0, 0.05) is 12.0 Å². The van der Waals surface area contributed by atoms with E-state index in [-0.39, 0.29) is 5.78 Å². The first kappa shape index (κ1) is 11.9. The van der Waals surface area contributed by atoms with Crippen molar-refractivity contribution in [2.75, 3.05) is 6.54 Å². The lowest BCUT2D eigenvalue weighted by molar-refractivity contribution is 0.0981. The molecule has 0 bridgehead atoms. The van der Waals surface area contributed by atoms with E-state index in [9.17, 15) is 4.79 Å². The maximum absolute atomic E-state index is 11.6. The molecule has 0 aliphatic rings. The van der Waals surface area contributed by atoms with Gasteiger partial charge in [0.2, 0.25) is 0 Å². The third-order valence-electron chi connectivity index (χ3n) is 2.42. The lowest BCUT2D eigenvalue weighted by Crippen LogP contribution is -2.04. The van der Waals surface area contributed by atoms with E-state index < -0.39 is 0 Å². The molecule has 2 nitrogen and oxygen atoms in total. The smallest absolute Gasteiger partial charge is 0.162 e. The summed E-state index contributed by atoms with van der Waals surface area (Å²) in [6.45, 7) is 2.74. The number of carbonyl (C=O) groups is 1. The predicted molar refractivity (Wildman–Crippen MR) is 63.1 cm³/mol. The van der Waals surface area contributed by atoms with Gasteiger partial charge in [-0.3, -0.25) is 4.79 Å². The molecule has 0 radical (unpaired) electrons. The molecule has 0 saturated carbocycles. The number of benzene rings is 1. The van der Waals surface area contributed by atoms with Gasteiger partial charge in [-0.25, -0.2) is 0 Å². The summed E-state index contributed by atoms with van der Waals surface area (Å²) in [6, 6.07) is 7.92. The fourth-order valence-corrected chi connectivity index (χ4v) is 1.55. The molecule has 0 aliphatic heterocycles. The molecule has 0 amide bonds. The quantitative estimate of drug-likeness (QED) is 0.725. The zero-order chi connectivity index (χ0) is 11.1. The molecule has 2 heteroatoms. The zero-order valence-corrected chi connectivity index (χ0v) is 9.33. The van der Waals surface area contributed by atoms with Crippen LogP contribution in [-0.2, 0) is 6.42 Å². The highest BCUT2D eigenvalue weighted by atomic mass is 16.1. The maximum atomic E-state index is 11.6. The molecular formula is C13H19NO. The van der Waals surface area contributed by atoms with E-state index in [0.29, 0.717) is 13.0 Å². The largest absolute Gasteiger partial charge is 0.330 e. The first-order valence-corrected chi connectivity index (χ1v) is 5.60. The summed E-state index contributed by atoms with van der Waals surface area (Å²) >= 11 is 0. The molecule has 1 aromatic carbocycles. The van der Waals surface area contributed by atoms with Crippen LogP contribution in [0.1, 0.15) is 42.1 Å². The summed E-state index contributed by atoms with van der Waals surface area (Å²) in [5.74, 6) is 0.198. The number of hydrogen-bond acceptors (Lipinski definition) is 2. The standard InChI is InChI=1S/C13H19NO/c1-2-4-11-6-8-12(9-7-11)13(15)5-3-10-14/h6-9H,2-5,10,14H2,1H3. The minimum Gasteiger partial charge on any atom is -0.330 e. The van der Waals surface area contributed by atoms with Crippen LogP contribution in [-0.4, -0.2) is 12.3 Å². The van der Waals surface area contributed by atoms with Crippen molar-refractivity contribution in [3.63, 3.8) is 0 Å². The van der Waals surface area contributed by atoms with Crippen LogP contribution in [0.5, 0.6) is 0 Å². The van der Waals surface area contributed by atoms with Crippen LogP contribution in [0.3, 0.4) is 0 Å². The van der Waals surface area contributed by atoms with Gasteiger partial charge < -0.3 is 5.73 Å². The van der Waals surface area contributed by atoms with E-state index in [1.807, 2.05) is 24.3 Å². The Morgan fingerprint density at radius 1 is 1.27 bits per heavy atom. The molecule has 0 unspecified atom stereocenters. The Kier molecular flexibility index (Phi) is 5.05. The van der Waals surface area contributed by atoms with E-state index in [4.69, 9.17) is 5.73 Å². The molecule has 15 heavy (non-hydrogen) atoms. The first-order chi connectivity index (χ1) is 7.27. The highest BCUT2D eigenvalue weighted by Crippen LogP contribution is 2.09. The molecule has 0 spiro atoms. The minimum atomic E-state index is 0.198. The molecule has 2 N–H and O–H groups in total. The molecule has 1 rings (SSSR count). The highest BCUT2D eigenvalue weighted by Gasteiger charge is 2.04. The molecular weight excluding hydrogens is 186 g/mol. The van der Waals surface area contributed by atoms with Gasteiger partial charge in [-0.05, 0) is 24.9 Å². The maximum Gasteiger partial charge on any atom is 0.162 e. The number of carbonyl (C=O) groups excluding carboxylic acids is 1. The Bertz CT molecular complexity index is 303. The van der Waals surface area contributed by atoms with Crippen molar-refractivity contribution in [3.05, 3.63) is 35.4 Å². The van der Waals surface area contributed by atoms with Crippen molar-refractivity contribution < 1.29 is 4.79 Å². The third-order valence-corrected chi connectivity index (χ3v) is 2.42. The van der Waals surface area contributed by atoms with E-state index >= 15 is 0 Å². The van der Waals surface area contributed by atoms with Crippen LogP contribution in [0.2, 0.25) is 0 Å². The molecule has 0 aromatic heterocycles. The lowest BCUT2D eigenvalue weighted by Gasteiger charge is -2.02. The Balaban J connectivity index is 2.58. The van der Waals surface area contributed by atoms with Crippen molar-refractivity contribution in [2.24, 2.45) is 5.73 Å². The van der Waals surface area contributed by atoms with Crippen molar-refractivity contribution >= 4 is 5.78 Å². The fourth-order valence-electron chi connectivity index (χ4n) is 1.55. The second-order valence-corrected chi connectivity index (χ2v) is 3.76. The van der Waals surface area contributed by atoms with Crippen molar-refractivity contribution in [3.8, 4) is 0 Å². The van der Waals surface area contributed by atoms with Crippen molar-refractivity contribution in [2.45, 2.75) is 32.6 Å². The Morgan fingerprint density at radius 3 is 2.47 bits per heavy atom. The van der Waals surface area contributed by atoms with Crippen LogP contribution in [0, 0.1) is 0 Å². The van der Waals surface area contributed by atoms with Gasteiger partial charge in [0.15, 0.2) is 5.78 Å². The van der Waals surface area contributed by atoms with Crippen LogP contribution in [0.4, 0.5) is 0 Å². The van der Waals surface area contributed by atoms with Gasteiger partial charge in [0.05, 0.1) is 0 Å². The normalized spacial score (nSPS) is 10.3. The van der Waals surface area contributed by atoms with Crippen LogP contribution in [0.15, 0.2) is 24.3 Å². The van der Waals surface area contributed by atoms with E-state index in [1.54, 1.807) is 0 Å². The predicted octanol–water partition coefficient (Wildman–Crippen LogP) is 2.56. The van der Waals surface area contributed by atoms with Gasteiger partial charge in [-0.15, -0.1) is 0 Å². The molecule has 0 saturated heterocycles. The summed E-state index contributed by atoms with van der Waals surface area (Å²) in [5, 5.41) is 0. The minimum absolute atomic E-state index is 0.198. The first-order valence-electron chi connectivity index (χ1n) is 5.60. The number of nitrogens with two attached hydrogens (primary N) is 1. The Labute approximate surface area is 91.5 Å². The molecule has 82 valence electrons. The van der Waals surface area contributed by atoms with E-state index in [2.05, 4.69) is 6.92 Å². The zero-order valence-electron chi connectivity index (χ0n) is 9.33. The van der Waals surface area contributed by atoms with Gasteiger partial charge in [0.25, 0.3) is 0 Å². The SMILES string of the molecule is CCCc1ccc(C(=O)CCCN)cc1. The van der Waals surface area contributed by atoms with Gasteiger partial charge >= 0.3 is 0 Å². The summed E-state index contributed by atoms with van der Waals surface area (Å²) < 4.78 is 0. The third kappa shape index (κ3) is 3.84. The van der Waals surface area contributed by atoms with Gasteiger partial charge in [-0.1, -0.05) is 37.6 Å². The second-order valence-electron chi connectivity index (χ2n) is 3.76. The van der Waals surface area contributed by atoms with Crippen molar-refractivity contribution in [1.29, 1.82) is 0 Å². The highest BCUT2D eigenvalue weighted by molar-refractivity contribution is 5.96. The summed E-state index contributed by atoms with van der Waals surface area (Å²) in [4.78, 5) is 11.6. The summed E-state index contributed by atoms with van der Waals surface area (Å²) in [7, 11) is 0. The second kappa shape index (κ2) is 6.36. The summed E-state index contributed by atoms with van der Waals surface area (Å²) in [6.07, 6.45) is 3.55. The Morgan fingerprint density at radius 2 is 1.93 bits per heavy atom. The molecule has 0 fully saturated rings. The molecule has 1 aromatic rings. The van der Waals surface area contributed by atoms with Crippen LogP contribution in [0.25, 0.3) is 0 Å². The summed E-state index contributed by atoms with van der Waals surface area (Å²) in [5.41, 5.74) is 7.47. The lowest BCUT2D eigenvalue weighted by atomic mass is 10.0. The average molecular weight is 205 g/mol. The van der Waals surface area contributed by atoms with E-state index in [1.165, 1.54) is 5.56 Å². The molecule has 0 aliphatic carbocycles. The van der Waals surface area contributed by atoms with Gasteiger partial charge in [0.1, 0.15) is 0 Å². The topological polar surface area (TPSA) is 43.1 Å².